The Kier molecular flexibility index (Phi) is 5.16. The zero-order chi connectivity index (χ0) is 18.4. The Bertz CT molecular complexity index is 897. The summed E-state index contributed by atoms with van der Waals surface area (Å²) in [4.78, 5) is 14.5. The number of thioether (sulfide) groups is 1. The average Bonchev–Trinajstić information content (AvgIpc) is 3.02. The highest BCUT2D eigenvalue weighted by molar-refractivity contribution is 9.10. The maximum atomic E-state index is 12.7. The molecule has 0 saturated carbocycles. The Labute approximate surface area is 163 Å². The Balaban J connectivity index is 1.90. The van der Waals surface area contributed by atoms with Gasteiger partial charge in [-0.25, -0.2) is 8.42 Å². The second-order valence-electron chi connectivity index (χ2n) is 5.66. The quantitative estimate of drug-likeness (QED) is 0.544. The molecule has 0 spiro atoms. The van der Waals surface area contributed by atoms with E-state index in [1.54, 1.807) is 18.2 Å². The van der Waals surface area contributed by atoms with Crippen molar-refractivity contribution in [3.8, 4) is 11.5 Å². The number of rotatable bonds is 3. The van der Waals surface area contributed by atoms with E-state index in [0.29, 0.717) is 25.7 Å². The monoisotopic (exact) mass is 463 g/mol. The number of amides is 1. The highest BCUT2D eigenvalue weighted by Gasteiger charge is 2.42. The number of halogens is 1. The van der Waals surface area contributed by atoms with Crippen LogP contribution < -0.4 is 4.74 Å². The van der Waals surface area contributed by atoms with E-state index in [9.17, 15) is 18.3 Å². The summed E-state index contributed by atoms with van der Waals surface area (Å²) in [6, 6.07) is 2.86. The first-order chi connectivity index (χ1) is 11.7. The van der Waals surface area contributed by atoms with Crippen molar-refractivity contribution < 1.29 is 23.1 Å². The van der Waals surface area contributed by atoms with E-state index < -0.39 is 15.9 Å². The first kappa shape index (κ1) is 18.7. The third-order valence-corrected chi connectivity index (χ3v) is 7.65. The fourth-order valence-corrected chi connectivity index (χ4v) is 6.32. The van der Waals surface area contributed by atoms with Gasteiger partial charge in [-0.15, -0.1) is 0 Å². The van der Waals surface area contributed by atoms with E-state index in [2.05, 4.69) is 15.9 Å². The molecule has 2 saturated heterocycles. The lowest BCUT2D eigenvalue weighted by atomic mass is 10.1. The number of phenolic OH excluding ortho intramolecular Hbond substituents is 1. The molecule has 1 amide bonds. The lowest BCUT2D eigenvalue weighted by Gasteiger charge is -2.20. The molecule has 134 valence electrons. The molecule has 0 radical (unpaired) electrons. The number of aromatic hydroxyl groups is 1. The average molecular weight is 464 g/mol. The number of hydrogen-bond acceptors (Lipinski definition) is 7. The third kappa shape index (κ3) is 3.71. The first-order valence-corrected chi connectivity index (χ1v) is 11.1. The number of thiocarbonyl (C=S) groups is 1. The molecule has 10 heteroatoms. The number of phenols is 1. The predicted molar refractivity (Wildman–Crippen MR) is 104 cm³/mol. The number of hydrogen-bond donors (Lipinski definition) is 1. The molecule has 0 aromatic heterocycles. The van der Waals surface area contributed by atoms with Gasteiger partial charge in [-0.2, -0.15) is 0 Å². The van der Waals surface area contributed by atoms with E-state index in [-0.39, 0.29) is 28.9 Å². The van der Waals surface area contributed by atoms with Crippen LogP contribution in [0.5, 0.6) is 11.5 Å². The maximum absolute atomic E-state index is 12.7. The summed E-state index contributed by atoms with van der Waals surface area (Å²) in [7, 11) is -1.67. The van der Waals surface area contributed by atoms with E-state index in [4.69, 9.17) is 17.0 Å². The van der Waals surface area contributed by atoms with Gasteiger partial charge in [0.2, 0.25) is 0 Å². The summed E-state index contributed by atoms with van der Waals surface area (Å²) < 4.78 is 29.3. The number of carbonyl (C=O) groups is 1. The Morgan fingerprint density at radius 1 is 1.48 bits per heavy atom. The van der Waals surface area contributed by atoms with Crippen LogP contribution >= 0.6 is 39.9 Å². The summed E-state index contributed by atoms with van der Waals surface area (Å²) in [6.45, 7) is 0. The van der Waals surface area contributed by atoms with Crippen LogP contribution in [-0.2, 0) is 14.6 Å². The van der Waals surface area contributed by atoms with Crippen LogP contribution in [0.25, 0.3) is 6.08 Å². The molecule has 1 aromatic carbocycles. The second kappa shape index (κ2) is 6.90. The molecule has 1 N–H and O–H groups in total. The molecule has 2 heterocycles. The predicted octanol–water partition coefficient (Wildman–Crippen LogP) is 2.55. The summed E-state index contributed by atoms with van der Waals surface area (Å²) in [5.41, 5.74) is 0.654. The summed E-state index contributed by atoms with van der Waals surface area (Å²) in [5.74, 6) is -0.0112. The number of nitrogens with zero attached hydrogens (tertiary/aromatic N) is 1. The first-order valence-electron chi connectivity index (χ1n) is 7.26. The molecule has 6 nitrogen and oxygen atoms in total. The maximum Gasteiger partial charge on any atom is 0.266 e. The molecule has 3 rings (SSSR count). The Morgan fingerprint density at radius 2 is 2.20 bits per heavy atom. The molecule has 0 bridgehead atoms. The van der Waals surface area contributed by atoms with Crippen molar-refractivity contribution in [2.75, 3.05) is 18.6 Å². The fraction of sp³-hybridized carbons (Fsp3) is 0.333. The SMILES string of the molecule is COc1cc(/C=C2\SC(=S)N(C3CCS(=O)(=O)C3)C2=O)cc(Br)c1O. The smallest absolute Gasteiger partial charge is 0.266 e. The van der Waals surface area contributed by atoms with Gasteiger partial charge in [0.15, 0.2) is 21.3 Å². The minimum absolute atomic E-state index is 0.0247. The largest absolute Gasteiger partial charge is 0.503 e. The summed E-state index contributed by atoms with van der Waals surface area (Å²) >= 11 is 9.66. The molecule has 25 heavy (non-hydrogen) atoms. The number of sulfone groups is 1. The van der Waals surface area contributed by atoms with Crippen molar-refractivity contribution >= 4 is 66.1 Å². The third-order valence-electron chi connectivity index (χ3n) is 3.97. The molecule has 0 aliphatic carbocycles. The van der Waals surface area contributed by atoms with Crippen molar-refractivity contribution in [3.05, 3.63) is 27.1 Å². The van der Waals surface area contributed by atoms with E-state index in [1.165, 1.54) is 12.0 Å². The Morgan fingerprint density at radius 3 is 2.80 bits per heavy atom. The number of benzene rings is 1. The normalized spacial score (nSPS) is 24.3. The summed E-state index contributed by atoms with van der Waals surface area (Å²) in [6.07, 6.45) is 2.05. The topological polar surface area (TPSA) is 83.9 Å². The van der Waals surface area contributed by atoms with Gasteiger partial charge in [-0.3, -0.25) is 9.69 Å². The van der Waals surface area contributed by atoms with Gasteiger partial charge >= 0.3 is 0 Å². The molecule has 2 fully saturated rings. The van der Waals surface area contributed by atoms with Gasteiger partial charge in [-0.1, -0.05) is 24.0 Å². The van der Waals surface area contributed by atoms with Crippen LogP contribution in [0, 0.1) is 0 Å². The Hall–Kier alpha value is -1.10. The number of carbonyl (C=O) groups excluding carboxylic acids is 1. The van der Waals surface area contributed by atoms with Crippen molar-refractivity contribution in [2.45, 2.75) is 12.5 Å². The zero-order valence-electron chi connectivity index (χ0n) is 13.1. The van der Waals surface area contributed by atoms with E-state index in [0.717, 1.165) is 11.8 Å². The van der Waals surface area contributed by atoms with E-state index in [1.807, 2.05) is 0 Å². The van der Waals surface area contributed by atoms with Gasteiger partial charge in [0.05, 0.1) is 34.0 Å². The molecule has 1 unspecified atom stereocenters. The molecular formula is C15H14BrNO5S3. The van der Waals surface area contributed by atoms with Crippen LogP contribution in [0.1, 0.15) is 12.0 Å². The van der Waals surface area contributed by atoms with Crippen molar-refractivity contribution in [1.29, 1.82) is 0 Å². The lowest BCUT2D eigenvalue weighted by molar-refractivity contribution is -0.123. The van der Waals surface area contributed by atoms with Crippen molar-refractivity contribution in [1.82, 2.24) is 4.90 Å². The standard InChI is InChI=1S/C15H14BrNO5S3/c1-22-11-5-8(4-10(16)13(11)18)6-12-14(19)17(15(23)24-12)9-2-3-25(20,21)7-9/h4-6,9,18H,2-3,7H2,1H3/b12-6-. The fourth-order valence-electron chi connectivity index (χ4n) is 2.76. The highest BCUT2D eigenvalue weighted by Crippen LogP contribution is 2.39. The molecule has 1 aromatic rings. The molecule has 2 aliphatic heterocycles. The lowest BCUT2D eigenvalue weighted by Crippen LogP contribution is -2.39. The van der Waals surface area contributed by atoms with Gasteiger partial charge in [0, 0.05) is 0 Å². The van der Waals surface area contributed by atoms with Crippen LogP contribution in [-0.4, -0.2) is 53.3 Å². The van der Waals surface area contributed by atoms with Crippen LogP contribution in [0.4, 0.5) is 0 Å². The van der Waals surface area contributed by atoms with Gasteiger partial charge in [-0.05, 0) is 46.1 Å². The number of ether oxygens (including phenoxy) is 1. The van der Waals surface area contributed by atoms with Crippen molar-refractivity contribution in [3.63, 3.8) is 0 Å². The van der Waals surface area contributed by atoms with Crippen LogP contribution in [0.15, 0.2) is 21.5 Å². The minimum Gasteiger partial charge on any atom is -0.503 e. The van der Waals surface area contributed by atoms with Gasteiger partial charge in [0.25, 0.3) is 5.91 Å². The van der Waals surface area contributed by atoms with Gasteiger partial charge in [0.1, 0.15) is 4.32 Å². The molecule has 1 atom stereocenters. The van der Waals surface area contributed by atoms with Gasteiger partial charge < -0.3 is 9.84 Å². The van der Waals surface area contributed by atoms with E-state index >= 15 is 0 Å². The zero-order valence-corrected chi connectivity index (χ0v) is 17.1. The van der Waals surface area contributed by atoms with Crippen LogP contribution in [0.3, 0.4) is 0 Å². The second-order valence-corrected chi connectivity index (χ2v) is 10.4. The summed E-state index contributed by atoms with van der Waals surface area (Å²) in [5, 5.41) is 9.86. The minimum atomic E-state index is -3.11. The van der Waals surface area contributed by atoms with Crippen molar-refractivity contribution in [2.24, 2.45) is 0 Å². The molecule has 2 aliphatic rings. The van der Waals surface area contributed by atoms with Crippen LogP contribution in [0.2, 0.25) is 0 Å². The highest BCUT2D eigenvalue weighted by atomic mass is 79.9. The molecular weight excluding hydrogens is 450 g/mol. The number of methoxy groups -OCH3 is 1.